The summed E-state index contributed by atoms with van der Waals surface area (Å²) < 4.78 is 2.01. The Balaban J connectivity index is 1.56. The normalized spacial score (nSPS) is 17.2. The smallest absolute Gasteiger partial charge is 0.245 e. The number of thiazole rings is 1. The van der Waals surface area contributed by atoms with E-state index in [2.05, 4.69) is 34.1 Å². The maximum atomic E-state index is 12.9. The van der Waals surface area contributed by atoms with E-state index in [4.69, 9.17) is 0 Å². The van der Waals surface area contributed by atoms with Gasteiger partial charge in [-0.2, -0.15) is 0 Å². The molecule has 3 heterocycles. The first-order chi connectivity index (χ1) is 12.0. The van der Waals surface area contributed by atoms with Crippen molar-refractivity contribution in [1.29, 1.82) is 0 Å². The predicted octanol–water partition coefficient (Wildman–Crippen LogP) is 2.68. The highest BCUT2D eigenvalue weighted by Gasteiger charge is 2.27. The van der Waals surface area contributed by atoms with Gasteiger partial charge in [0.05, 0.1) is 10.7 Å². The molecule has 1 saturated heterocycles. The molecular formula is C18H27N5OS. The average Bonchev–Trinajstić information content (AvgIpc) is 3.23. The van der Waals surface area contributed by atoms with Gasteiger partial charge in [-0.15, -0.1) is 11.3 Å². The lowest BCUT2D eigenvalue weighted by molar-refractivity contribution is -0.136. The number of hydrogen-bond acceptors (Lipinski definition) is 5. The van der Waals surface area contributed by atoms with Crippen molar-refractivity contribution in [2.75, 3.05) is 26.2 Å². The molecule has 2 aromatic heterocycles. The Labute approximate surface area is 153 Å². The topological polar surface area (TPSA) is 54.3 Å². The van der Waals surface area contributed by atoms with E-state index in [1.165, 1.54) is 0 Å². The number of piperazine rings is 1. The van der Waals surface area contributed by atoms with Crippen LogP contribution < -0.4 is 0 Å². The van der Waals surface area contributed by atoms with Crippen LogP contribution in [0, 0.1) is 6.92 Å². The van der Waals surface area contributed by atoms with Crippen molar-refractivity contribution in [2.45, 2.75) is 46.2 Å². The molecule has 1 aliphatic heterocycles. The van der Waals surface area contributed by atoms with Crippen molar-refractivity contribution in [3.63, 3.8) is 0 Å². The van der Waals surface area contributed by atoms with E-state index < -0.39 is 0 Å². The molecule has 0 unspecified atom stereocenters. The number of carbonyl (C=O) groups is 1. The lowest BCUT2D eigenvalue weighted by Crippen LogP contribution is -2.50. The number of rotatable bonds is 5. The summed E-state index contributed by atoms with van der Waals surface area (Å²) in [6.45, 7) is 12.4. The SMILES string of the molecule is Cc1nc(CN2CCN(C(=O)[C@@H](C)n3ccnc3C(C)C)CC2)cs1. The molecule has 0 saturated carbocycles. The summed E-state index contributed by atoms with van der Waals surface area (Å²) in [5.41, 5.74) is 1.13. The fraction of sp³-hybridized carbons (Fsp3) is 0.611. The van der Waals surface area contributed by atoms with Gasteiger partial charge in [-0.25, -0.2) is 9.97 Å². The Morgan fingerprint density at radius 3 is 2.56 bits per heavy atom. The van der Waals surface area contributed by atoms with E-state index >= 15 is 0 Å². The quantitative estimate of drug-likeness (QED) is 0.822. The second-order valence-electron chi connectivity index (χ2n) is 6.98. The second kappa shape index (κ2) is 7.66. The largest absolute Gasteiger partial charge is 0.338 e. The minimum Gasteiger partial charge on any atom is -0.338 e. The summed E-state index contributed by atoms with van der Waals surface area (Å²) in [4.78, 5) is 26.2. The van der Waals surface area contributed by atoms with Crippen molar-refractivity contribution >= 4 is 17.2 Å². The third-order valence-corrected chi connectivity index (χ3v) is 5.55. The number of carbonyl (C=O) groups excluding carboxylic acids is 1. The maximum Gasteiger partial charge on any atom is 0.245 e. The lowest BCUT2D eigenvalue weighted by atomic mass is 10.2. The van der Waals surface area contributed by atoms with Gasteiger partial charge in [-0.1, -0.05) is 13.8 Å². The van der Waals surface area contributed by atoms with Gasteiger partial charge in [0.2, 0.25) is 5.91 Å². The van der Waals surface area contributed by atoms with Crippen LogP contribution in [0.25, 0.3) is 0 Å². The molecule has 2 aromatic rings. The van der Waals surface area contributed by atoms with Crippen LogP contribution in [0.1, 0.15) is 49.3 Å². The highest BCUT2D eigenvalue weighted by molar-refractivity contribution is 7.09. The van der Waals surface area contributed by atoms with Gasteiger partial charge in [0.1, 0.15) is 11.9 Å². The minimum absolute atomic E-state index is 0.184. The van der Waals surface area contributed by atoms with Crippen LogP contribution in [0.4, 0.5) is 0 Å². The first-order valence-electron chi connectivity index (χ1n) is 8.90. The maximum absolute atomic E-state index is 12.9. The van der Waals surface area contributed by atoms with Crippen molar-refractivity contribution in [1.82, 2.24) is 24.3 Å². The first kappa shape index (κ1) is 18.1. The van der Waals surface area contributed by atoms with Crippen LogP contribution in [-0.2, 0) is 11.3 Å². The zero-order valence-corrected chi connectivity index (χ0v) is 16.3. The summed E-state index contributed by atoms with van der Waals surface area (Å²) >= 11 is 1.69. The second-order valence-corrected chi connectivity index (χ2v) is 8.04. The lowest BCUT2D eigenvalue weighted by Gasteiger charge is -2.36. The molecule has 1 atom stereocenters. The van der Waals surface area contributed by atoms with E-state index in [-0.39, 0.29) is 11.9 Å². The van der Waals surface area contributed by atoms with Gasteiger partial charge in [0, 0.05) is 56.4 Å². The van der Waals surface area contributed by atoms with Crippen LogP contribution in [-0.4, -0.2) is 56.4 Å². The van der Waals surface area contributed by atoms with Crippen molar-refractivity contribution in [3.05, 3.63) is 34.3 Å². The number of hydrogen-bond donors (Lipinski definition) is 0. The number of amides is 1. The molecule has 0 N–H and O–H groups in total. The third kappa shape index (κ3) is 4.10. The summed E-state index contributed by atoms with van der Waals surface area (Å²) in [5, 5.41) is 3.24. The number of imidazole rings is 1. The minimum atomic E-state index is -0.201. The predicted molar refractivity (Wildman–Crippen MR) is 99.7 cm³/mol. The average molecular weight is 362 g/mol. The van der Waals surface area contributed by atoms with Crippen LogP contribution in [0.15, 0.2) is 17.8 Å². The standard InChI is InChI=1S/C18H27N5OS/c1-13(2)17-19-5-6-23(17)14(3)18(24)22-9-7-21(8-10-22)11-16-12-25-15(4)20-16/h5-6,12-14H,7-11H2,1-4H3/t14-/m1/s1. The molecule has 1 fully saturated rings. The van der Waals surface area contributed by atoms with Crippen molar-refractivity contribution in [2.24, 2.45) is 0 Å². The first-order valence-corrected chi connectivity index (χ1v) is 9.78. The summed E-state index contributed by atoms with van der Waals surface area (Å²) in [6, 6.07) is -0.201. The van der Waals surface area contributed by atoms with Crippen LogP contribution >= 0.6 is 11.3 Å². The highest BCUT2D eigenvalue weighted by atomic mass is 32.1. The van der Waals surface area contributed by atoms with Gasteiger partial charge in [-0.05, 0) is 13.8 Å². The van der Waals surface area contributed by atoms with Crippen LogP contribution in [0.3, 0.4) is 0 Å². The molecule has 1 aliphatic rings. The van der Waals surface area contributed by atoms with Gasteiger partial charge in [0.25, 0.3) is 0 Å². The van der Waals surface area contributed by atoms with E-state index in [0.717, 1.165) is 49.2 Å². The van der Waals surface area contributed by atoms with Gasteiger partial charge in [-0.3, -0.25) is 9.69 Å². The Kier molecular flexibility index (Phi) is 5.54. The van der Waals surface area contributed by atoms with Gasteiger partial charge < -0.3 is 9.47 Å². The Hall–Kier alpha value is -1.73. The number of aromatic nitrogens is 3. The van der Waals surface area contributed by atoms with Crippen LogP contribution in [0.2, 0.25) is 0 Å². The fourth-order valence-electron chi connectivity index (χ4n) is 3.32. The van der Waals surface area contributed by atoms with E-state index in [1.807, 2.05) is 29.5 Å². The highest BCUT2D eigenvalue weighted by Crippen LogP contribution is 2.20. The van der Waals surface area contributed by atoms with Crippen LogP contribution in [0.5, 0.6) is 0 Å². The molecule has 3 rings (SSSR count). The summed E-state index contributed by atoms with van der Waals surface area (Å²) in [6.07, 6.45) is 3.70. The summed E-state index contributed by atoms with van der Waals surface area (Å²) in [7, 11) is 0. The van der Waals surface area contributed by atoms with E-state index in [1.54, 1.807) is 17.5 Å². The Bertz CT molecular complexity index is 715. The summed E-state index contributed by atoms with van der Waals surface area (Å²) in [5.74, 6) is 1.46. The molecule has 7 heteroatoms. The molecule has 1 amide bonds. The molecule has 25 heavy (non-hydrogen) atoms. The van der Waals surface area contributed by atoms with Gasteiger partial charge in [0.15, 0.2) is 0 Å². The molecule has 0 aliphatic carbocycles. The fourth-order valence-corrected chi connectivity index (χ4v) is 3.92. The Morgan fingerprint density at radius 2 is 1.96 bits per heavy atom. The van der Waals surface area contributed by atoms with Crippen molar-refractivity contribution in [3.8, 4) is 0 Å². The third-order valence-electron chi connectivity index (χ3n) is 4.73. The number of nitrogens with zero attached hydrogens (tertiary/aromatic N) is 5. The zero-order chi connectivity index (χ0) is 18.0. The molecule has 136 valence electrons. The molecule has 0 radical (unpaired) electrons. The molecule has 6 nitrogen and oxygen atoms in total. The van der Waals surface area contributed by atoms with Crippen molar-refractivity contribution < 1.29 is 4.79 Å². The number of aryl methyl sites for hydroxylation is 1. The monoisotopic (exact) mass is 361 g/mol. The van der Waals surface area contributed by atoms with E-state index in [0.29, 0.717) is 5.92 Å². The van der Waals surface area contributed by atoms with E-state index in [9.17, 15) is 4.79 Å². The molecule has 0 bridgehead atoms. The van der Waals surface area contributed by atoms with Gasteiger partial charge >= 0.3 is 0 Å². The molecule has 0 aromatic carbocycles. The zero-order valence-electron chi connectivity index (χ0n) is 15.5. The molecular weight excluding hydrogens is 334 g/mol. The molecule has 0 spiro atoms. The Morgan fingerprint density at radius 1 is 1.24 bits per heavy atom.